The van der Waals surface area contributed by atoms with Crippen LogP contribution >= 0.6 is 0 Å². The SMILES string of the molecule is CCC=C1CCCCCCC1. The highest BCUT2D eigenvalue weighted by atomic mass is 14.1. The van der Waals surface area contributed by atoms with E-state index in [4.69, 9.17) is 0 Å². The van der Waals surface area contributed by atoms with Crippen molar-refractivity contribution in [3.8, 4) is 0 Å². The van der Waals surface area contributed by atoms with Crippen LogP contribution in [0.2, 0.25) is 0 Å². The minimum absolute atomic E-state index is 1.23. The third-order valence-electron chi connectivity index (χ3n) is 2.49. The first-order valence-corrected chi connectivity index (χ1v) is 5.11. The van der Waals surface area contributed by atoms with Gasteiger partial charge in [-0.15, -0.1) is 0 Å². The molecule has 0 bridgehead atoms. The van der Waals surface area contributed by atoms with Gasteiger partial charge in [-0.3, -0.25) is 0 Å². The van der Waals surface area contributed by atoms with Crippen LogP contribution in [0.1, 0.15) is 58.3 Å². The van der Waals surface area contributed by atoms with Gasteiger partial charge in [0.05, 0.1) is 0 Å². The fraction of sp³-hybridized carbons (Fsp3) is 0.818. The van der Waals surface area contributed by atoms with Gasteiger partial charge in [0.15, 0.2) is 0 Å². The molecule has 0 aromatic rings. The molecule has 0 saturated heterocycles. The predicted octanol–water partition coefficient (Wildman–Crippen LogP) is 4.07. The molecule has 1 rings (SSSR count). The van der Waals surface area contributed by atoms with Gasteiger partial charge in [-0.1, -0.05) is 37.8 Å². The van der Waals surface area contributed by atoms with Crippen LogP contribution in [0.15, 0.2) is 11.6 Å². The third-order valence-corrected chi connectivity index (χ3v) is 2.49. The van der Waals surface area contributed by atoms with Crippen molar-refractivity contribution < 1.29 is 0 Å². The van der Waals surface area contributed by atoms with E-state index in [9.17, 15) is 0 Å². The van der Waals surface area contributed by atoms with Crippen LogP contribution in [0.3, 0.4) is 0 Å². The molecule has 0 nitrogen and oxygen atoms in total. The van der Waals surface area contributed by atoms with Crippen molar-refractivity contribution >= 4 is 0 Å². The van der Waals surface area contributed by atoms with Crippen molar-refractivity contribution in [2.75, 3.05) is 0 Å². The van der Waals surface area contributed by atoms with Gasteiger partial charge in [0.25, 0.3) is 0 Å². The van der Waals surface area contributed by atoms with Gasteiger partial charge in [-0.25, -0.2) is 0 Å². The Morgan fingerprint density at radius 2 is 1.55 bits per heavy atom. The molecule has 1 fully saturated rings. The maximum atomic E-state index is 2.44. The van der Waals surface area contributed by atoms with E-state index >= 15 is 0 Å². The second-order valence-corrected chi connectivity index (χ2v) is 3.54. The zero-order valence-electron chi connectivity index (χ0n) is 7.73. The van der Waals surface area contributed by atoms with E-state index in [0.717, 1.165) is 0 Å². The van der Waals surface area contributed by atoms with Crippen molar-refractivity contribution in [1.29, 1.82) is 0 Å². The van der Waals surface area contributed by atoms with Crippen LogP contribution in [0.4, 0.5) is 0 Å². The van der Waals surface area contributed by atoms with Crippen LogP contribution in [0, 0.1) is 0 Å². The highest BCUT2D eigenvalue weighted by Crippen LogP contribution is 2.21. The Hall–Kier alpha value is -0.260. The summed E-state index contributed by atoms with van der Waals surface area (Å²) in [6.45, 7) is 2.24. The molecule has 0 N–H and O–H groups in total. The monoisotopic (exact) mass is 152 g/mol. The molecular formula is C11H20. The maximum Gasteiger partial charge on any atom is -0.0320 e. The number of rotatable bonds is 1. The maximum absolute atomic E-state index is 2.44. The summed E-state index contributed by atoms with van der Waals surface area (Å²) in [7, 11) is 0. The van der Waals surface area contributed by atoms with E-state index in [-0.39, 0.29) is 0 Å². The highest BCUT2D eigenvalue weighted by Gasteiger charge is 2.01. The summed E-state index contributed by atoms with van der Waals surface area (Å²) in [6, 6.07) is 0. The van der Waals surface area contributed by atoms with Crippen LogP contribution < -0.4 is 0 Å². The van der Waals surface area contributed by atoms with E-state index in [1.54, 1.807) is 5.57 Å². The molecule has 0 aromatic heterocycles. The largest absolute Gasteiger partial charge is 0.0856 e. The molecule has 0 aliphatic heterocycles. The zero-order chi connectivity index (χ0) is 7.94. The van der Waals surface area contributed by atoms with E-state index in [1.165, 1.54) is 51.4 Å². The van der Waals surface area contributed by atoms with Crippen molar-refractivity contribution in [1.82, 2.24) is 0 Å². The van der Waals surface area contributed by atoms with Crippen LogP contribution in [-0.4, -0.2) is 0 Å². The molecule has 1 aliphatic rings. The lowest BCUT2D eigenvalue weighted by Gasteiger charge is -2.11. The van der Waals surface area contributed by atoms with E-state index in [2.05, 4.69) is 13.0 Å². The Morgan fingerprint density at radius 1 is 1.00 bits per heavy atom. The smallest absolute Gasteiger partial charge is 0.0320 e. The summed E-state index contributed by atoms with van der Waals surface area (Å²) in [5, 5.41) is 0. The molecule has 0 aromatic carbocycles. The summed E-state index contributed by atoms with van der Waals surface area (Å²) in [6.07, 6.45) is 13.7. The fourth-order valence-corrected chi connectivity index (χ4v) is 1.85. The van der Waals surface area contributed by atoms with Crippen LogP contribution in [-0.2, 0) is 0 Å². The molecule has 1 saturated carbocycles. The Balaban J connectivity index is 2.31. The van der Waals surface area contributed by atoms with Gasteiger partial charge >= 0.3 is 0 Å². The summed E-state index contributed by atoms with van der Waals surface area (Å²) >= 11 is 0. The Bertz CT molecular complexity index is 112. The molecule has 0 heterocycles. The molecule has 64 valence electrons. The topological polar surface area (TPSA) is 0 Å². The Morgan fingerprint density at radius 3 is 2.09 bits per heavy atom. The summed E-state index contributed by atoms with van der Waals surface area (Å²) in [4.78, 5) is 0. The van der Waals surface area contributed by atoms with Crippen LogP contribution in [0.5, 0.6) is 0 Å². The number of allylic oxidation sites excluding steroid dienone is 2. The van der Waals surface area contributed by atoms with Gasteiger partial charge in [-0.2, -0.15) is 0 Å². The highest BCUT2D eigenvalue weighted by molar-refractivity contribution is 5.01. The van der Waals surface area contributed by atoms with Crippen molar-refractivity contribution in [2.45, 2.75) is 58.3 Å². The minimum atomic E-state index is 1.23. The third kappa shape index (κ3) is 3.60. The first-order valence-electron chi connectivity index (χ1n) is 5.11. The molecule has 11 heavy (non-hydrogen) atoms. The number of hydrogen-bond donors (Lipinski definition) is 0. The quantitative estimate of drug-likeness (QED) is 0.497. The Labute approximate surface area is 70.7 Å². The van der Waals surface area contributed by atoms with Gasteiger partial charge in [0, 0.05) is 0 Å². The molecule has 0 amide bonds. The van der Waals surface area contributed by atoms with E-state index in [0.29, 0.717) is 0 Å². The molecule has 1 aliphatic carbocycles. The van der Waals surface area contributed by atoms with E-state index < -0.39 is 0 Å². The second kappa shape index (κ2) is 5.40. The second-order valence-electron chi connectivity index (χ2n) is 3.54. The van der Waals surface area contributed by atoms with Crippen LogP contribution in [0.25, 0.3) is 0 Å². The van der Waals surface area contributed by atoms with Gasteiger partial charge in [0.2, 0.25) is 0 Å². The summed E-state index contributed by atoms with van der Waals surface area (Å²) < 4.78 is 0. The molecule has 0 radical (unpaired) electrons. The standard InChI is InChI=1S/C11H20/c1-2-8-11-9-6-4-3-5-7-10-11/h8H,2-7,9-10H2,1H3. The zero-order valence-corrected chi connectivity index (χ0v) is 7.73. The normalized spacial score (nSPS) is 20.6. The Kier molecular flexibility index (Phi) is 4.33. The average Bonchev–Trinajstić information content (AvgIpc) is 1.94. The minimum Gasteiger partial charge on any atom is -0.0856 e. The van der Waals surface area contributed by atoms with Crippen molar-refractivity contribution in [3.05, 3.63) is 11.6 Å². The molecule has 0 heteroatoms. The van der Waals surface area contributed by atoms with Crippen molar-refractivity contribution in [3.63, 3.8) is 0 Å². The molecule has 0 atom stereocenters. The first-order chi connectivity index (χ1) is 5.43. The molecule has 0 spiro atoms. The fourth-order valence-electron chi connectivity index (χ4n) is 1.85. The lowest BCUT2D eigenvalue weighted by molar-refractivity contribution is 0.567. The number of hydrogen-bond acceptors (Lipinski definition) is 0. The molecular weight excluding hydrogens is 132 g/mol. The molecule has 0 unspecified atom stereocenters. The first kappa shape index (κ1) is 8.83. The van der Waals surface area contributed by atoms with Gasteiger partial charge in [0.1, 0.15) is 0 Å². The van der Waals surface area contributed by atoms with Crippen molar-refractivity contribution in [2.24, 2.45) is 0 Å². The average molecular weight is 152 g/mol. The van der Waals surface area contributed by atoms with Gasteiger partial charge < -0.3 is 0 Å². The van der Waals surface area contributed by atoms with E-state index in [1.807, 2.05) is 0 Å². The summed E-state index contributed by atoms with van der Waals surface area (Å²) in [5.74, 6) is 0. The lowest BCUT2D eigenvalue weighted by atomic mass is 9.96. The predicted molar refractivity (Wildman–Crippen MR) is 50.7 cm³/mol. The van der Waals surface area contributed by atoms with Gasteiger partial charge in [-0.05, 0) is 32.1 Å². The summed E-state index contributed by atoms with van der Waals surface area (Å²) in [5.41, 5.74) is 1.73. The lowest BCUT2D eigenvalue weighted by Crippen LogP contribution is -1.91.